The summed E-state index contributed by atoms with van der Waals surface area (Å²) in [6.07, 6.45) is 0.262. The first-order valence-corrected chi connectivity index (χ1v) is 12.5. The second kappa shape index (κ2) is 10.3. The second-order valence-electron chi connectivity index (χ2n) is 8.52. The fourth-order valence-electron chi connectivity index (χ4n) is 3.73. The molecule has 3 amide bonds. The van der Waals surface area contributed by atoms with Gasteiger partial charge in [-0.1, -0.05) is 45.0 Å². The Balaban J connectivity index is 1.90. The number of hydrogen-bond acceptors (Lipinski definition) is 5. The fraction of sp³-hybridized carbons (Fsp3) is 0.375. The van der Waals surface area contributed by atoms with Crippen molar-refractivity contribution in [2.75, 3.05) is 13.1 Å². The number of nitrogens with one attached hydrogen (secondary N) is 1. The molecule has 0 spiro atoms. The minimum Gasteiger partial charge on any atom is -0.354 e. The molecule has 1 heterocycles. The van der Waals surface area contributed by atoms with Gasteiger partial charge in [-0.3, -0.25) is 14.4 Å². The minimum atomic E-state index is -4.19. The van der Waals surface area contributed by atoms with E-state index in [1.54, 1.807) is 13.0 Å². The predicted molar refractivity (Wildman–Crippen MR) is 124 cm³/mol. The summed E-state index contributed by atoms with van der Waals surface area (Å²) < 4.78 is 39.7. The lowest BCUT2D eigenvalue weighted by molar-refractivity contribution is -0.141. The average molecular weight is 490 g/mol. The molecule has 1 N–H and O–H groups in total. The van der Waals surface area contributed by atoms with Gasteiger partial charge in [0.2, 0.25) is 11.8 Å². The Hall–Kier alpha value is -3.27. The summed E-state index contributed by atoms with van der Waals surface area (Å²) in [6, 6.07) is 10.3. The van der Waals surface area contributed by atoms with Crippen molar-refractivity contribution < 1.29 is 27.2 Å². The first-order chi connectivity index (χ1) is 16.1. The molecule has 1 unspecified atom stereocenters. The Morgan fingerprint density at radius 3 is 2.32 bits per heavy atom. The summed E-state index contributed by atoms with van der Waals surface area (Å²) in [4.78, 5) is 40.2. The Bertz CT molecular complexity index is 1180. The van der Waals surface area contributed by atoms with Gasteiger partial charge >= 0.3 is 0 Å². The van der Waals surface area contributed by atoms with Crippen LogP contribution in [0, 0.1) is 11.7 Å². The fourth-order valence-corrected chi connectivity index (χ4v) is 5.25. The topological polar surface area (TPSA) is 104 Å². The third kappa shape index (κ3) is 5.27. The highest BCUT2D eigenvalue weighted by Gasteiger charge is 2.43. The maximum atomic E-state index is 13.4. The van der Waals surface area contributed by atoms with Crippen LogP contribution in [0.3, 0.4) is 0 Å². The van der Waals surface area contributed by atoms with Crippen LogP contribution in [0.5, 0.6) is 0 Å². The summed E-state index contributed by atoms with van der Waals surface area (Å²) in [6.45, 7) is 5.21. The number of amides is 3. The zero-order valence-electron chi connectivity index (χ0n) is 19.3. The number of hydrogen-bond donors (Lipinski definition) is 1. The number of fused-ring (bicyclic) bond motifs is 1. The van der Waals surface area contributed by atoms with E-state index in [2.05, 4.69) is 5.32 Å². The Labute approximate surface area is 198 Å². The molecule has 10 heteroatoms. The van der Waals surface area contributed by atoms with E-state index >= 15 is 0 Å². The van der Waals surface area contributed by atoms with Crippen molar-refractivity contribution in [2.24, 2.45) is 5.92 Å². The maximum absolute atomic E-state index is 13.4. The molecule has 0 saturated heterocycles. The van der Waals surface area contributed by atoms with Crippen LogP contribution in [0.2, 0.25) is 0 Å². The quantitative estimate of drug-likeness (QED) is 0.583. The maximum Gasteiger partial charge on any atom is 0.269 e. The third-order valence-corrected chi connectivity index (χ3v) is 7.31. The lowest BCUT2D eigenvalue weighted by atomic mass is 10.1. The van der Waals surface area contributed by atoms with Crippen molar-refractivity contribution in [2.45, 2.75) is 44.7 Å². The molecule has 1 atom stereocenters. The van der Waals surface area contributed by atoms with Gasteiger partial charge in [0, 0.05) is 13.1 Å². The van der Waals surface area contributed by atoms with E-state index in [4.69, 9.17) is 0 Å². The van der Waals surface area contributed by atoms with E-state index < -0.39 is 40.2 Å². The molecule has 0 aromatic heterocycles. The summed E-state index contributed by atoms with van der Waals surface area (Å²) in [5.74, 6) is -2.14. The van der Waals surface area contributed by atoms with Crippen LogP contribution in [-0.2, 0) is 26.2 Å². The van der Waals surface area contributed by atoms with Crippen LogP contribution in [0.1, 0.15) is 43.1 Å². The van der Waals surface area contributed by atoms with Crippen molar-refractivity contribution >= 4 is 27.7 Å². The molecule has 8 nitrogen and oxygen atoms in total. The van der Waals surface area contributed by atoms with E-state index in [0.29, 0.717) is 16.4 Å². The van der Waals surface area contributed by atoms with Gasteiger partial charge in [0.25, 0.3) is 15.9 Å². The number of halogens is 1. The molecule has 2 aromatic carbocycles. The summed E-state index contributed by atoms with van der Waals surface area (Å²) in [5, 5.41) is 2.80. The van der Waals surface area contributed by atoms with Gasteiger partial charge in [-0.15, -0.1) is 0 Å². The molecule has 1 aliphatic rings. The van der Waals surface area contributed by atoms with Gasteiger partial charge in [0.1, 0.15) is 23.3 Å². The molecule has 2 aromatic rings. The van der Waals surface area contributed by atoms with Crippen LogP contribution < -0.4 is 5.32 Å². The highest BCUT2D eigenvalue weighted by Crippen LogP contribution is 2.30. The Kier molecular flexibility index (Phi) is 7.71. The van der Waals surface area contributed by atoms with Gasteiger partial charge in [-0.25, -0.2) is 17.1 Å². The molecule has 0 bridgehead atoms. The number of benzene rings is 2. The summed E-state index contributed by atoms with van der Waals surface area (Å²) in [5.41, 5.74) is 0.561. The van der Waals surface area contributed by atoms with Crippen LogP contribution in [0.4, 0.5) is 4.39 Å². The van der Waals surface area contributed by atoms with Crippen LogP contribution in [0.25, 0.3) is 0 Å². The lowest BCUT2D eigenvalue weighted by Gasteiger charge is -2.32. The van der Waals surface area contributed by atoms with E-state index in [0.717, 1.165) is 0 Å². The third-order valence-electron chi connectivity index (χ3n) is 5.53. The highest BCUT2D eigenvalue weighted by atomic mass is 32.2. The average Bonchev–Trinajstić information content (AvgIpc) is 2.99. The van der Waals surface area contributed by atoms with Crippen LogP contribution in [-0.4, -0.2) is 54.5 Å². The Morgan fingerprint density at radius 1 is 1.09 bits per heavy atom. The molecule has 3 rings (SSSR count). The van der Waals surface area contributed by atoms with Crippen molar-refractivity contribution in [3.05, 3.63) is 65.5 Å². The zero-order valence-corrected chi connectivity index (χ0v) is 20.1. The molecule has 0 fully saturated rings. The number of sulfonamides is 1. The van der Waals surface area contributed by atoms with E-state index in [1.165, 1.54) is 47.4 Å². The van der Waals surface area contributed by atoms with Crippen molar-refractivity contribution in [3.8, 4) is 0 Å². The molecule has 0 saturated carbocycles. The van der Waals surface area contributed by atoms with Crippen molar-refractivity contribution in [1.82, 2.24) is 14.5 Å². The van der Waals surface area contributed by atoms with Gasteiger partial charge in [-0.05, 0) is 42.2 Å². The van der Waals surface area contributed by atoms with Gasteiger partial charge < -0.3 is 10.2 Å². The smallest absolute Gasteiger partial charge is 0.269 e. The number of carbonyl (C=O) groups is 3. The molecule has 34 heavy (non-hydrogen) atoms. The first-order valence-electron chi connectivity index (χ1n) is 11.0. The monoisotopic (exact) mass is 489 g/mol. The molecular formula is C24H28FN3O5S. The summed E-state index contributed by atoms with van der Waals surface area (Å²) in [7, 11) is -4.19. The molecule has 1 aliphatic heterocycles. The lowest BCUT2D eigenvalue weighted by Crippen LogP contribution is -2.52. The highest BCUT2D eigenvalue weighted by molar-refractivity contribution is 7.90. The number of carbonyl (C=O) groups excluding carboxylic acids is 3. The van der Waals surface area contributed by atoms with E-state index in [1.807, 2.05) is 13.8 Å². The number of nitrogens with zero attached hydrogens (tertiary/aromatic N) is 2. The standard InChI is InChI=1S/C24H28FN3O5S/c1-4-20(23(30)26-13-16(2)3)27(14-17-9-11-18(25)12-10-17)22(29)15-28-24(31)19-7-5-6-8-21(19)34(28,32)33/h5-12,16,20H,4,13-15H2,1-3H3,(H,26,30). The van der Waals surface area contributed by atoms with E-state index in [9.17, 15) is 27.2 Å². The predicted octanol–water partition coefficient (Wildman–Crippen LogP) is 2.55. The SMILES string of the molecule is CCC(C(=O)NCC(C)C)N(Cc1ccc(F)cc1)C(=O)CN1C(=O)c2ccccc2S1(=O)=O. The molecule has 182 valence electrons. The first kappa shape index (κ1) is 25.4. The van der Waals surface area contributed by atoms with Gasteiger partial charge in [0.05, 0.1) is 5.56 Å². The largest absolute Gasteiger partial charge is 0.354 e. The van der Waals surface area contributed by atoms with Crippen LogP contribution >= 0.6 is 0 Å². The minimum absolute atomic E-state index is 0.00195. The van der Waals surface area contributed by atoms with Gasteiger partial charge in [0.15, 0.2) is 0 Å². The molecule has 0 aliphatic carbocycles. The van der Waals surface area contributed by atoms with E-state index in [-0.39, 0.29) is 35.2 Å². The Morgan fingerprint density at radius 2 is 1.74 bits per heavy atom. The van der Waals surface area contributed by atoms with Crippen LogP contribution in [0.15, 0.2) is 53.4 Å². The molecule has 0 radical (unpaired) electrons. The number of rotatable bonds is 9. The van der Waals surface area contributed by atoms with Crippen molar-refractivity contribution in [3.63, 3.8) is 0 Å². The zero-order chi connectivity index (χ0) is 25.0. The van der Waals surface area contributed by atoms with Gasteiger partial charge in [-0.2, -0.15) is 0 Å². The second-order valence-corrected chi connectivity index (χ2v) is 10.4. The van der Waals surface area contributed by atoms with Crippen molar-refractivity contribution in [1.29, 1.82) is 0 Å². The molecular weight excluding hydrogens is 461 g/mol. The normalized spacial score (nSPS) is 15.2. The summed E-state index contributed by atoms with van der Waals surface area (Å²) >= 11 is 0.